The van der Waals surface area contributed by atoms with Gasteiger partial charge in [-0.15, -0.1) is 0 Å². The first-order chi connectivity index (χ1) is 7.83. The highest BCUT2D eigenvalue weighted by atomic mass is 35.5. The summed E-state index contributed by atoms with van der Waals surface area (Å²) >= 11 is 5.89. The van der Waals surface area contributed by atoms with Crippen molar-refractivity contribution in [1.82, 2.24) is 4.98 Å². The first-order valence-electron chi connectivity index (χ1n) is 5.08. The lowest BCUT2D eigenvalue weighted by Crippen LogP contribution is -1.98. The molecule has 3 rings (SSSR count). The molecule has 0 saturated carbocycles. The van der Waals surface area contributed by atoms with Gasteiger partial charge in [0.1, 0.15) is 11.0 Å². The smallest absolute Gasteiger partial charge is 0.137 e. The van der Waals surface area contributed by atoms with Gasteiger partial charge in [-0.2, -0.15) is 0 Å². The summed E-state index contributed by atoms with van der Waals surface area (Å²) in [4.78, 5) is 4.29. The molecule has 0 spiro atoms. The maximum atomic E-state index is 5.89. The number of nitrogens with zero attached hydrogens (tertiary/aromatic N) is 1. The summed E-state index contributed by atoms with van der Waals surface area (Å²) in [6.45, 7) is 0.753. The third kappa shape index (κ3) is 1.59. The van der Waals surface area contributed by atoms with Crippen molar-refractivity contribution < 1.29 is 0 Å². The average molecular weight is 232 g/mol. The van der Waals surface area contributed by atoms with Crippen LogP contribution in [0.5, 0.6) is 0 Å². The van der Waals surface area contributed by atoms with E-state index in [2.05, 4.69) is 15.6 Å². The Bertz CT molecular complexity index is 540. The van der Waals surface area contributed by atoms with E-state index in [-0.39, 0.29) is 0 Å². The monoisotopic (exact) mass is 231 g/mol. The maximum Gasteiger partial charge on any atom is 0.137 e. The highest BCUT2D eigenvalue weighted by Crippen LogP contribution is 2.30. The molecule has 0 atom stereocenters. The quantitative estimate of drug-likeness (QED) is 0.683. The zero-order chi connectivity index (χ0) is 11.0. The first-order valence-corrected chi connectivity index (χ1v) is 5.46. The van der Waals surface area contributed by atoms with Gasteiger partial charge >= 0.3 is 0 Å². The van der Waals surface area contributed by atoms with Crippen LogP contribution in [0.2, 0.25) is 5.15 Å². The minimum atomic E-state index is 0.505. The van der Waals surface area contributed by atoms with Crippen molar-refractivity contribution >= 4 is 28.8 Å². The molecule has 0 amide bonds. The number of hydrogen-bond acceptors (Lipinski definition) is 3. The van der Waals surface area contributed by atoms with E-state index < -0.39 is 0 Å². The fourth-order valence-corrected chi connectivity index (χ4v) is 1.93. The Kier molecular flexibility index (Phi) is 2.18. The first kappa shape index (κ1) is 9.48. The third-order valence-electron chi connectivity index (χ3n) is 2.59. The van der Waals surface area contributed by atoms with Gasteiger partial charge < -0.3 is 10.6 Å². The van der Waals surface area contributed by atoms with Crippen molar-refractivity contribution in [1.29, 1.82) is 0 Å². The van der Waals surface area contributed by atoms with Gasteiger partial charge in [0.15, 0.2) is 0 Å². The summed E-state index contributed by atoms with van der Waals surface area (Å²) < 4.78 is 0. The number of hydrogen-bond donors (Lipinski definition) is 2. The molecule has 2 N–H and O–H groups in total. The minimum absolute atomic E-state index is 0.505. The highest BCUT2D eigenvalue weighted by molar-refractivity contribution is 6.29. The average Bonchev–Trinajstić information content (AvgIpc) is 2.47. The molecule has 0 radical (unpaired) electrons. The molecular weight excluding hydrogens is 222 g/mol. The van der Waals surface area contributed by atoms with Crippen LogP contribution in [-0.2, 0) is 6.54 Å². The molecule has 0 aliphatic carbocycles. The van der Waals surface area contributed by atoms with Crippen molar-refractivity contribution in [2.24, 2.45) is 0 Å². The summed E-state index contributed by atoms with van der Waals surface area (Å²) in [5.74, 6) is 0.824. The number of benzene rings is 1. The molecule has 80 valence electrons. The highest BCUT2D eigenvalue weighted by Gasteiger charge is 2.12. The van der Waals surface area contributed by atoms with Gasteiger partial charge in [-0.25, -0.2) is 4.98 Å². The Morgan fingerprint density at radius 2 is 1.88 bits per heavy atom. The number of fused-ring (bicyclic) bond motifs is 2. The van der Waals surface area contributed by atoms with Gasteiger partial charge in [-0.05, 0) is 18.2 Å². The summed E-state index contributed by atoms with van der Waals surface area (Å²) in [6.07, 6.45) is 0. The molecule has 16 heavy (non-hydrogen) atoms. The Morgan fingerprint density at radius 1 is 1.06 bits per heavy atom. The molecule has 0 fully saturated rings. The number of anilines is 3. The molecule has 1 aliphatic rings. The summed E-state index contributed by atoms with van der Waals surface area (Å²) in [5.41, 5.74) is 3.22. The van der Waals surface area contributed by atoms with Gasteiger partial charge in [0.25, 0.3) is 0 Å². The van der Waals surface area contributed by atoms with E-state index in [4.69, 9.17) is 11.6 Å². The van der Waals surface area contributed by atoms with Crippen LogP contribution in [0, 0.1) is 0 Å². The SMILES string of the molecule is Clc1ccc2c(n1)Nc1ccccc1NC2. The number of halogens is 1. The van der Waals surface area contributed by atoms with Crippen LogP contribution in [0.25, 0.3) is 0 Å². The number of para-hydroxylation sites is 2. The summed E-state index contributed by atoms with van der Waals surface area (Å²) in [7, 11) is 0. The van der Waals surface area contributed by atoms with Crippen molar-refractivity contribution in [3.05, 3.63) is 47.1 Å². The van der Waals surface area contributed by atoms with E-state index >= 15 is 0 Å². The number of nitrogens with one attached hydrogen (secondary N) is 2. The number of rotatable bonds is 0. The van der Waals surface area contributed by atoms with Crippen LogP contribution < -0.4 is 10.6 Å². The van der Waals surface area contributed by atoms with Crippen molar-refractivity contribution in [3.63, 3.8) is 0 Å². The lowest BCUT2D eigenvalue weighted by Gasteiger charge is -2.07. The van der Waals surface area contributed by atoms with Gasteiger partial charge in [0, 0.05) is 12.1 Å². The van der Waals surface area contributed by atoms with E-state index in [0.29, 0.717) is 5.15 Å². The predicted octanol–water partition coefficient (Wildman–Crippen LogP) is 3.40. The van der Waals surface area contributed by atoms with E-state index in [1.165, 1.54) is 0 Å². The Labute approximate surface area is 98.5 Å². The van der Waals surface area contributed by atoms with E-state index in [1.54, 1.807) is 6.07 Å². The molecule has 0 bridgehead atoms. The maximum absolute atomic E-state index is 5.89. The van der Waals surface area contributed by atoms with Crippen LogP contribution >= 0.6 is 11.6 Å². The van der Waals surface area contributed by atoms with E-state index in [1.807, 2.05) is 30.3 Å². The summed E-state index contributed by atoms with van der Waals surface area (Å²) in [5, 5.41) is 7.15. The molecule has 1 aromatic carbocycles. The van der Waals surface area contributed by atoms with Crippen LogP contribution in [0.1, 0.15) is 5.56 Å². The molecule has 1 aromatic heterocycles. The Morgan fingerprint density at radius 3 is 2.75 bits per heavy atom. The molecule has 4 heteroatoms. The predicted molar refractivity (Wildman–Crippen MR) is 66.3 cm³/mol. The van der Waals surface area contributed by atoms with Gasteiger partial charge in [0.05, 0.1) is 11.4 Å². The van der Waals surface area contributed by atoms with Crippen molar-refractivity contribution in [3.8, 4) is 0 Å². The standard InChI is InChI=1S/C12H10ClN3/c13-11-6-5-8-7-14-9-3-1-2-4-10(9)15-12(8)16-11/h1-6,14H,7H2,(H,15,16). The second kappa shape index (κ2) is 3.68. The van der Waals surface area contributed by atoms with Gasteiger partial charge in [-0.1, -0.05) is 29.8 Å². The fraction of sp³-hybridized carbons (Fsp3) is 0.0833. The van der Waals surface area contributed by atoms with Gasteiger partial charge in [-0.3, -0.25) is 0 Å². The molecule has 1 aliphatic heterocycles. The molecule has 3 nitrogen and oxygen atoms in total. The van der Waals surface area contributed by atoms with Crippen LogP contribution in [0.4, 0.5) is 17.2 Å². The molecular formula is C12H10ClN3. The van der Waals surface area contributed by atoms with Crippen LogP contribution in [0.3, 0.4) is 0 Å². The van der Waals surface area contributed by atoms with Gasteiger partial charge in [0.2, 0.25) is 0 Å². The molecule has 2 heterocycles. The molecule has 0 saturated heterocycles. The second-order valence-corrected chi connectivity index (χ2v) is 4.05. The summed E-state index contributed by atoms with van der Waals surface area (Å²) in [6, 6.07) is 11.8. The molecule has 2 aromatic rings. The lowest BCUT2D eigenvalue weighted by atomic mass is 10.2. The largest absolute Gasteiger partial charge is 0.379 e. The number of pyridine rings is 1. The fourth-order valence-electron chi connectivity index (χ4n) is 1.78. The normalized spacial score (nSPS) is 12.8. The zero-order valence-electron chi connectivity index (χ0n) is 8.50. The minimum Gasteiger partial charge on any atom is -0.379 e. The topological polar surface area (TPSA) is 37.0 Å². The third-order valence-corrected chi connectivity index (χ3v) is 2.80. The second-order valence-electron chi connectivity index (χ2n) is 3.67. The van der Waals surface area contributed by atoms with E-state index in [9.17, 15) is 0 Å². The molecule has 0 unspecified atom stereocenters. The Balaban J connectivity index is 2.10. The zero-order valence-corrected chi connectivity index (χ0v) is 9.25. The lowest BCUT2D eigenvalue weighted by molar-refractivity contribution is 1.14. The van der Waals surface area contributed by atoms with Crippen LogP contribution in [-0.4, -0.2) is 4.98 Å². The van der Waals surface area contributed by atoms with Crippen molar-refractivity contribution in [2.75, 3.05) is 10.6 Å². The Hall–Kier alpha value is -1.74. The van der Waals surface area contributed by atoms with Crippen LogP contribution in [0.15, 0.2) is 36.4 Å². The number of aromatic nitrogens is 1. The van der Waals surface area contributed by atoms with Crippen molar-refractivity contribution in [2.45, 2.75) is 6.54 Å². The van der Waals surface area contributed by atoms with E-state index in [0.717, 1.165) is 29.3 Å².